The number of para-hydroxylation sites is 1. The molecule has 0 saturated heterocycles. The van der Waals surface area contributed by atoms with E-state index in [4.69, 9.17) is 21.1 Å². The van der Waals surface area contributed by atoms with Crippen LogP contribution in [-0.2, 0) is 9.73 Å². The molecule has 29 heavy (non-hydrogen) atoms. The zero-order valence-corrected chi connectivity index (χ0v) is 17.3. The van der Waals surface area contributed by atoms with Gasteiger partial charge in [-0.1, -0.05) is 29.8 Å². The van der Waals surface area contributed by atoms with E-state index in [2.05, 4.69) is 15.3 Å². The Balaban J connectivity index is 1.74. The Morgan fingerprint density at radius 3 is 2.76 bits per heavy atom. The van der Waals surface area contributed by atoms with Crippen molar-refractivity contribution in [1.29, 1.82) is 4.78 Å². The summed E-state index contributed by atoms with van der Waals surface area (Å²) in [5, 5.41) is 4.60. The second-order valence-electron chi connectivity index (χ2n) is 6.44. The van der Waals surface area contributed by atoms with Crippen LogP contribution in [-0.4, -0.2) is 32.1 Å². The maximum Gasteiger partial charge on any atom is 0.229 e. The van der Waals surface area contributed by atoms with Gasteiger partial charge >= 0.3 is 0 Å². The van der Waals surface area contributed by atoms with Crippen molar-refractivity contribution in [2.24, 2.45) is 0 Å². The van der Waals surface area contributed by atoms with Crippen LogP contribution in [0, 0.1) is 4.78 Å². The van der Waals surface area contributed by atoms with Crippen molar-refractivity contribution in [3.63, 3.8) is 0 Å². The molecule has 0 amide bonds. The third-order valence-electron chi connectivity index (χ3n) is 4.42. The molecule has 2 aromatic carbocycles. The van der Waals surface area contributed by atoms with E-state index >= 15 is 0 Å². The standard InChI is InChI=1S/C20H18ClN5O2S/c1-28-18-11-14(29(2,22)27)7-8-16(18)24-20-23-12-15(21)19(25-20)26-10-9-13-5-3-4-6-17(13)26/h3-12,22H,1-2H3,(H,23,24,25). The average Bonchev–Trinajstić information content (AvgIpc) is 3.13. The number of benzene rings is 2. The lowest BCUT2D eigenvalue weighted by atomic mass is 10.2. The Kier molecular flexibility index (Phi) is 4.89. The molecule has 0 bridgehead atoms. The summed E-state index contributed by atoms with van der Waals surface area (Å²) in [4.78, 5) is 9.21. The number of nitrogens with zero attached hydrogens (tertiary/aromatic N) is 3. The summed E-state index contributed by atoms with van der Waals surface area (Å²) in [5.74, 6) is 1.32. The van der Waals surface area contributed by atoms with Crippen LogP contribution in [0.4, 0.5) is 11.6 Å². The van der Waals surface area contributed by atoms with Crippen molar-refractivity contribution >= 4 is 43.9 Å². The van der Waals surface area contributed by atoms with Crippen LogP contribution in [0.25, 0.3) is 16.7 Å². The van der Waals surface area contributed by atoms with Crippen LogP contribution in [0.15, 0.2) is 65.8 Å². The Labute approximate surface area is 173 Å². The molecule has 0 saturated carbocycles. The fraction of sp³-hybridized carbons (Fsp3) is 0.100. The van der Waals surface area contributed by atoms with Gasteiger partial charge in [0, 0.05) is 12.5 Å². The second kappa shape index (κ2) is 7.38. The summed E-state index contributed by atoms with van der Waals surface area (Å²) in [6, 6.07) is 14.8. The highest BCUT2D eigenvalue weighted by molar-refractivity contribution is 7.91. The summed E-state index contributed by atoms with van der Waals surface area (Å²) in [5.41, 5.74) is 1.57. The first-order chi connectivity index (χ1) is 13.9. The van der Waals surface area contributed by atoms with Crippen LogP contribution in [0.3, 0.4) is 0 Å². The molecule has 0 aliphatic heterocycles. The van der Waals surface area contributed by atoms with Gasteiger partial charge in [-0.2, -0.15) is 4.98 Å². The molecule has 0 fully saturated rings. The number of halogens is 1. The molecule has 0 aliphatic carbocycles. The molecule has 1 unspecified atom stereocenters. The first kappa shape index (κ1) is 19.2. The van der Waals surface area contributed by atoms with Crippen molar-refractivity contribution < 1.29 is 8.95 Å². The van der Waals surface area contributed by atoms with Gasteiger partial charge < -0.3 is 10.1 Å². The number of fused-ring (bicyclic) bond motifs is 1. The van der Waals surface area contributed by atoms with Gasteiger partial charge in [0.25, 0.3) is 0 Å². The summed E-state index contributed by atoms with van der Waals surface area (Å²) in [6.07, 6.45) is 4.81. The minimum atomic E-state index is -2.85. The molecule has 0 spiro atoms. The van der Waals surface area contributed by atoms with Gasteiger partial charge in [-0.05, 0) is 35.7 Å². The summed E-state index contributed by atoms with van der Waals surface area (Å²) in [7, 11) is -1.34. The van der Waals surface area contributed by atoms with Gasteiger partial charge in [-0.25, -0.2) is 14.0 Å². The molecule has 4 rings (SSSR count). The zero-order chi connectivity index (χ0) is 20.6. The minimum absolute atomic E-state index is 0.330. The first-order valence-corrected chi connectivity index (χ1v) is 11.0. The number of aromatic nitrogens is 3. The maximum atomic E-state index is 12.0. The van der Waals surface area contributed by atoms with Gasteiger partial charge in [0.2, 0.25) is 5.95 Å². The minimum Gasteiger partial charge on any atom is -0.495 e. The number of ether oxygens (including phenoxy) is 1. The monoisotopic (exact) mass is 427 g/mol. The lowest BCUT2D eigenvalue weighted by Crippen LogP contribution is -2.05. The van der Waals surface area contributed by atoms with Crippen molar-refractivity contribution in [2.45, 2.75) is 4.90 Å². The highest BCUT2D eigenvalue weighted by atomic mass is 35.5. The molecule has 2 heterocycles. The van der Waals surface area contributed by atoms with E-state index in [9.17, 15) is 4.21 Å². The van der Waals surface area contributed by atoms with E-state index in [0.29, 0.717) is 33.1 Å². The largest absolute Gasteiger partial charge is 0.495 e. The Hall–Kier alpha value is -3.10. The number of nitrogens with one attached hydrogen (secondary N) is 2. The van der Waals surface area contributed by atoms with Crippen LogP contribution >= 0.6 is 11.6 Å². The zero-order valence-electron chi connectivity index (χ0n) is 15.7. The molecule has 2 N–H and O–H groups in total. The Morgan fingerprint density at radius 2 is 2.00 bits per heavy atom. The Bertz CT molecular complexity index is 1320. The Morgan fingerprint density at radius 1 is 1.21 bits per heavy atom. The number of methoxy groups -OCH3 is 1. The van der Waals surface area contributed by atoms with Gasteiger partial charge in [0.1, 0.15) is 10.8 Å². The van der Waals surface area contributed by atoms with Crippen LogP contribution in [0.1, 0.15) is 0 Å². The van der Waals surface area contributed by atoms with Crippen LogP contribution < -0.4 is 10.1 Å². The summed E-state index contributed by atoms with van der Waals surface area (Å²) in [6.45, 7) is 0. The molecule has 0 aliphatic rings. The molecular weight excluding hydrogens is 410 g/mol. The smallest absolute Gasteiger partial charge is 0.229 e. The van der Waals surface area contributed by atoms with E-state index in [1.165, 1.54) is 19.6 Å². The average molecular weight is 428 g/mol. The van der Waals surface area contributed by atoms with E-state index < -0.39 is 9.73 Å². The van der Waals surface area contributed by atoms with E-state index in [1.54, 1.807) is 18.2 Å². The molecule has 2 aromatic heterocycles. The maximum absolute atomic E-state index is 12.0. The van der Waals surface area contributed by atoms with Gasteiger partial charge in [0.05, 0.1) is 39.1 Å². The third kappa shape index (κ3) is 3.76. The normalized spacial score (nSPS) is 13.2. The number of anilines is 2. The highest BCUT2D eigenvalue weighted by Crippen LogP contribution is 2.31. The van der Waals surface area contributed by atoms with E-state index in [0.717, 1.165) is 10.9 Å². The first-order valence-electron chi connectivity index (χ1n) is 8.65. The second-order valence-corrected chi connectivity index (χ2v) is 9.01. The van der Waals surface area contributed by atoms with Gasteiger partial charge in [-0.15, -0.1) is 0 Å². The molecule has 148 valence electrons. The molecule has 7 nitrogen and oxygen atoms in total. The van der Waals surface area contributed by atoms with Crippen molar-refractivity contribution in [3.8, 4) is 11.6 Å². The van der Waals surface area contributed by atoms with Gasteiger partial charge in [0.15, 0.2) is 5.82 Å². The van der Waals surface area contributed by atoms with Crippen molar-refractivity contribution in [1.82, 2.24) is 14.5 Å². The SMILES string of the molecule is COc1cc(S(C)(=N)=O)ccc1Nc1ncc(Cl)c(-n2ccc3ccccc32)n1. The highest BCUT2D eigenvalue weighted by Gasteiger charge is 2.13. The lowest BCUT2D eigenvalue weighted by Gasteiger charge is -2.13. The van der Waals surface area contributed by atoms with E-state index in [-0.39, 0.29) is 0 Å². The fourth-order valence-electron chi connectivity index (χ4n) is 2.99. The lowest BCUT2D eigenvalue weighted by molar-refractivity contribution is 0.415. The molecule has 1 atom stereocenters. The van der Waals surface area contributed by atoms with Crippen molar-refractivity contribution in [2.75, 3.05) is 18.7 Å². The fourth-order valence-corrected chi connectivity index (χ4v) is 3.83. The molecule has 4 aromatic rings. The third-order valence-corrected chi connectivity index (χ3v) is 5.84. The van der Waals surface area contributed by atoms with Crippen LogP contribution in [0.5, 0.6) is 5.75 Å². The molecule has 9 heteroatoms. The molecule has 0 radical (unpaired) electrons. The summed E-state index contributed by atoms with van der Waals surface area (Å²) < 4.78 is 27.0. The predicted octanol–water partition coefficient (Wildman–Crippen LogP) is 4.86. The predicted molar refractivity (Wildman–Crippen MR) is 115 cm³/mol. The molecular formula is C20H18ClN5O2S. The van der Waals surface area contributed by atoms with Crippen LogP contribution in [0.2, 0.25) is 5.02 Å². The summed E-state index contributed by atoms with van der Waals surface area (Å²) >= 11 is 6.37. The number of hydrogen-bond donors (Lipinski definition) is 2. The van der Waals surface area contributed by atoms with Gasteiger partial charge in [-0.3, -0.25) is 4.57 Å². The quantitative estimate of drug-likeness (QED) is 0.474. The number of hydrogen-bond acceptors (Lipinski definition) is 6. The number of rotatable bonds is 5. The topological polar surface area (TPSA) is 92.9 Å². The van der Waals surface area contributed by atoms with Crippen molar-refractivity contribution in [3.05, 3.63) is 65.9 Å². The van der Waals surface area contributed by atoms with E-state index in [1.807, 2.05) is 41.1 Å².